The van der Waals surface area contributed by atoms with Gasteiger partial charge in [0.1, 0.15) is 12.1 Å². The predicted molar refractivity (Wildman–Crippen MR) is 129 cm³/mol. The van der Waals surface area contributed by atoms with E-state index in [1.807, 2.05) is 0 Å². The SMILES string of the molecule is C=C(C)[C@@H]1CC[C@]2(C=O)CC[C@]3(N)[C@H](CC[C@@H]4[C@@]5(C)CCC(=O)C(C)(C)[C@@H]5CC[C@]43C)[C@@H]12. The Morgan fingerprint density at radius 3 is 2.34 bits per heavy atom. The summed E-state index contributed by atoms with van der Waals surface area (Å²) in [5.74, 6) is 2.70. The van der Waals surface area contributed by atoms with Crippen LogP contribution in [0.15, 0.2) is 12.2 Å². The average molecular weight is 440 g/mol. The molecule has 0 saturated heterocycles. The maximum Gasteiger partial charge on any atom is 0.138 e. The van der Waals surface area contributed by atoms with Crippen molar-refractivity contribution in [3.63, 3.8) is 0 Å². The van der Waals surface area contributed by atoms with E-state index in [0.717, 1.165) is 57.8 Å². The Morgan fingerprint density at radius 1 is 0.969 bits per heavy atom. The molecule has 0 radical (unpaired) electrons. The van der Waals surface area contributed by atoms with Gasteiger partial charge in [0.2, 0.25) is 0 Å². The Balaban J connectivity index is 1.56. The van der Waals surface area contributed by atoms with Crippen LogP contribution in [0.2, 0.25) is 0 Å². The van der Waals surface area contributed by atoms with Crippen molar-refractivity contribution < 1.29 is 9.59 Å². The number of fused-ring (bicyclic) bond motifs is 7. The summed E-state index contributed by atoms with van der Waals surface area (Å²) < 4.78 is 0. The molecule has 5 aliphatic carbocycles. The van der Waals surface area contributed by atoms with E-state index in [4.69, 9.17) is 5.73 Å². The monoisotopic (exact) mass is 439 g/mol. The van der Waals surface area contributed by atoms with Gasteiger partial charge in [-0.2, -0.15) is 0 Å². The molecule has 5 aliphatic rings. The Morgan fingerprint density at radius 2 is 1.69 bits per heavy atom. The van der Waals surface area contributed by atoms with E-state index in [2.05, 4.69) is 41.2 Å². The highest BCUT2D eigenvalue weighted by atomic mass is 16.1. The molecule has 0 unspecified atom stereocenters. The Labute approximate surface area is 195 Å². The Bertz CT molecular complexity index is 861. The topological polar surface area (TPSA) is 60.2 Å². The van der Waals surface area contributed by atoms with Crippen molar-refractivity contribution in [1.82, 2.24) is 0 Å². The van der Waals surface area contributed by atoms with Crippen LogP contribution in [0.5, 0.6) is 0 Å². The molecule has 0 bridgehead atoms. The molecule has 0 spiro atoms. The van der Waals surface area contributed by atoms with Crippen molar-refractivity contribution in [3.8, 4) is 0 Å². The van der Waals surface area contributed by atoms with Gasteiger partial charge in [-0.25, -0.2) is 0 Å². The van der Waals surface area contributed by atoms with Crippen LogP contribution in [-0.2, 0) is 9.59 Å². The van der Waals surface area contributed by atoms with Crippen LogP contribution in [0, 0.1) is 51.2 Å². The van der Waals surface area contributed by atoms with Gasteiger partial charge in [0.25, 0.3) is 0 Å². The minimum absolute atomic E-state index is 0.0783. The number of carbonyl (C=O) groups is 2. The van der Waals surface area contributed by atoms with Gasteiger partial charge in [0.15, 0.2) is 0 Å². The summed E-state index contributed by atoms with van der Waals surface area (Å²) in [7, 11) is 0. The van der Waals surface area contributed by atoms with Gasteiger partial charge in [0.05, 0.1) is 0 Å². The fourth-order valence-corrected chi connectivity index (χ4v) is 10.9. The molecule has 0 aliphatic heterocycles. The van der Waals surface area contributed by atoms with Crippen molar-refractivity contribution in [2.24, 2.45) is 57.0 Å². The van der Waals surface area contributed by atoms with Gasteiger partial charge in [0, 0.05) is 22.8 Å². The largest absolute Gasteiger partial charge is 0.324 e. The maximum atomic E-state index is 12.9. The molecule has 0 heterocycles. The van der Waals surface area contributed by atoms with Gasteiger partial charge < -0.3 is 10.5 Å². The first-order valence-electron chi connectivity index (χ1n) is 13.3. The standard InChI is InChI=1S/C29H45NO2/c1-18(2)19-9-14-28(17-31)15-16-29(30)20(24(19)28)7-8-22-26(5)12-11-23(32)25(3,4)21(26)10-13-27(22,29)6/h17,19-22,24H,1,7-16,30H2,2-6H3/t19-,20+,21-,22+,24+,26-,27+,28+,29-/m0/s1. The lowest BCUT2D eigenvalue weighted by Gasteiger charge is -2.71. The first-order chi connectivity index (χ1) is 14.9. The molecule has 9 atom stereocenters. The van der Waals surface area contributed by atoms with Crippen LogP contribution < -0.4 is 5.73 Å². The van der Waals surface area contributed by atoms with Crippen molar-refractivity contribution in [2.75, 3.05) is 0 Å². The third-order valence-corrected chi connectivity index (χ3v) is 12.6. The molecule has 2 N–H and O–H groups in total. The van der Waals surface area contributed by atoms with Crippen LogP contribution in [0.3, 0.4) is 0 Å². The summed E-state index contributed by atoms with van der Waals surface area (Å²) >= 11 is 0. The number of hydrogen-bond acceptors (Lipinski definition) is 3. The van der Waals surface area contributed by atoms with Gasteiger partial charge >= 0.3 is 0 Å². The molecule has 0 aromatic rings. The molecule has 0 aromatic heterocycles. The number of hydrogen-bond donors (Lipinski definition) is 1. The van der Waals surface area contributed by atoms with E-state index < -0.39 is 0 Å². The molecule has 5 rings (SSSR count). The molecule has 5 fully saturated rings. The number of allylic oxidation sites excluding steroid dienone is 1. The normalized spacial score (nSPS) is 54.1. The first kappa shape index (κ1) is 22.8. The molecular formula is C29H45NO2. The molecule has 32 heavy (non-hydrogen) atoms. The number of rotatable bonds is 2. The second-order valence-corrected chi connectivity index (χ2v) is 13.8. The number of carbonyl (C=O) groups excluding carboxylic acids is 2. The average Bonchev–Trinajstić information content (AvgIpc) is 3.12. The lowest BCUT2D eigenvalue weighted by atomic mass is 9.34. The maximum absolute atomic E-state index is 12.9. The second-order valence-electron chi connectivity index (χ2n) is 13.8. The molecule has 0 amide bonds. The van der Waals surface area contributed by atoms with Crippen LogP contribution in [0.25, 0.3) is 0 Å². The lowest BCUT2D eigenvalue weighted by molar-refractivity contribution is -0.204. The van der Waals surface area contributed by atoms with Gasteiger partial charge in [-0.1, -0.05) is 39.8 Å². The van der Waals surface area contributed by atoms with Gasteiger partial charge in [-0.05, 0) is 105 Å². The van der Waals surface area contributed by atoms with Crippen molar-refractivity contribution in [1.29, 1.82) is 0 Å². The van der Waals surface area contributed by atoms with Crippen molar-refractivity contribution >= 4 is 12.1 Å². The van der Waals surface area contributed by atoms with E-state index in [1.165, 1.54) is 18.3 Å². The van der Waals surface area contributed by atoms with E-state index in [1.54, 1.807) is 0 Å². The van der Waals surface area contributed by atoms with Crippen molar-refractivity contribution in [2.45, 2.75) is 104 Å². The summed E-state index contributed by atoms with van der Waals surface area (Å²) in [6, 6.07) is 0. The molecule has 3 heteroatoms. The quantitative estimate of drug-likeness (QED) is 0.417. The summed E-state index contributed by atoms with van der Waals surface area (Å²) in [6.07, 6.45) is 11.7. The second kappa shape index (κ2) is 6.80. The number of Topliss-reactive ketones (excluding diaryl/α,β-unsaturated/α-hetero) is 1. The fraction of sp³-hybridized carbons (Fsp3) is 0.862. The predicted octanol–water partition coefficient (Wildman–Crippen LogP) is 6.10. The van der Waals surface area contributed by atoms with E-state index in [0.29, 0.717) is 35.4 Å². The lowest BCUT2D eigenvalue weighted by Crippen LogP contribution is -2.73. The minimum atomic E-state index is -0.220. The van der Waals surface area contributed by atoms with Crippen LogP contribution in [-0.4, -0.2) is 17.6 Å². The third-order valence-electron chi connectivity index (χ3n) is 12.6. The van der Waals surface area contributed by atoms with E-state index in [-0.39, 0.29) is 27.2 Å². The highest BCUT2D eigenvalue weighted by molar-refractivity contribution is 5.85. The Hall–Kier alpha value is -0.960. The molecule has 178 valence electrons. The first-order valence-corrected chi connectivity index (χ1v) is 13.3. The molecule has 0 aromatic carbocycles. The smallest absolute Gasteiger partial charge is 0.138 e. The summed E-state index contributed by atoms with van der Waals surface area (Å²) in [5.41, 5.74) is 8.54. The van der Waals surface area contributed by atoms with Gasteiger partial charge in [-0.3, -0.25) is 4.79 Å². The van der Waals surface area contributed by atoms with E-state index >= 15 is 0 Å². The number of aldehydes is 1. The van der Waals surface area contributed by atoms with Gasteiger partial charge in [-0.15, -0.1) is 0 Å². The zero-order valence-corrected chi connectivity index (χ0v) is 21.1. The number of nitrogens with two attached hydrogens (primary N) is 1. The summed E-state index contributed by atoms with van der Waals surface area (Å²) in [4.78, 5) is 25.4. The molecular weight excluding hydrogens is 394 g/mol. The number of ketones is 1. The zero-order valence-electron chi connectivity index (χ0n) is 21.1. The highest BCUT2D eigenvalue weighted by Gasteiger charge is 2.71. The van der Waals surface area contributed by atoms with E-state index in [9.17, 15) is 9.59 Å². The van der Waals surface area contributed by atoms with Crippen LogP contribution >= 0.6 is 0 Å². The fourth-order valence-electron chi connectivity index (χ4n) is 10.9. The zero-order chi connectivity index (χ0) is 23.3. The van der Waals surface area contributed by atoms with Crippen LogP contribution in [0.1, 0.15) is 98.8 Å². The van der Waals surface area contributed by atoms with Crippen molar-refractivity contribution in [3.05, 3.63) is 12.2 Å². The third kappa shape index (κ3) is 2.53. The highest BCUT2D eigenvalue weighted by Crippen LogP contribution is 2.73. The Kier molecular flexibility index (Phi) is 4.85. The summed E-state index contributed by atoms with van der Waals surface area (Å²) in [6.45, 7) is 15.9. The molecule has 3 nitrogen and oxygen atoms in total. The summed E-state index contributed by atoms with van der Waals surface area (Å²) in [5, 5.41) is 0. The van der Waals surface area contributed by atoms with Crippen LogP contribution in [0.4, 0.5) is 0 Å². The minimum Gasteiger partial charge on any atom is -0.324 e. The molecule has 5 saturated carbocycles.